The molecule has 1 atom stereocenters. The van der Waals surface area contributed by atoms with Crippen molar-refractivity contribution in [1.82, 2.24) is 0 Å². The van der Waals surface area contributed by atoms with Crippen LogP contribution in [0, 0.1) is 0 Å². The molecule has 84 valence electrons. The first-order valence-corrected chi connectivity index (χ1v) is 5.83. The Bertz CT molecular complexity index is 406. The second-order valence-corrected chi connectivity index (χ2v) is 4.28. The van der Waals surface area contributed by atoms with E-state index in [0.29, 0.717) is 0 Å². The van der Waals surface area contributed by atoms with E-state index < -0.39 is 0 Å². The number of benzene rings is 1. The van der Waals surface area contributed by atoms with Crippen molar-refractivity contribution in [3.63, 3.8) is 0 Å². The number of allylic oxidation sites excluding steroid dienone is 2. The van der Waals surface area contributed by atoms with Crippen LogP contribution in [0.5, 0.6) is 0 Å². The largest absolute Gasteiger partial charge is 0.372 e. The van der Waals surface area contributed by atoms with Crippen molar-refractivity contribution >= 4 is 11.6 Å². The van der Waals surface area contributed by atoms with Crippen LogP contribution in [-0.4, -0.2) is 7.11 Å². The van der Waals surface area contributed by atoms with Gasteiger partial charge in [-0.1, -0.05) is 54.1 Å². The van der Waals surface area contributed by atoms with E-state index in [-0.39, 0.29) is 6.10 Å². The number of methoxy groups -OCH3 is 1. The first-order chi connectivity index (χ1) is 7.83. The molecule has 0 saturated heterocycles. The molecule has 1 nitrogen and oxygen atoms in total. The molecule has 0 heterocycles. The van der Waals surface area contributed by atoms with Crippen molar-refractivity contribution < 1.29 is 4.74 Å². The highest BCUT2D eigenvalue weighted by Crippen LogP contribution is 2.34. The van der Waals surface area contributed by atoms with Gasteiger partial charge in [-0.2, -0.15) is 0 Å². The SMILES string of the molecule is COC(C1=C(Cl)CCC=C1)c1ccccc1. The number of hydrogen-bond donors (Lipinski definition) is 0. The second-order valence-electron chi connectivity index (χ2n) is 3.83. The quantitative estimate of drug-likeness (QED) is 0.761. The van der Waals surface area contributed by atoms with Crippen LogP contribution >= 0.6 is 11.6 Å². The van der Waals surface area contributed by atoms with Crippen molar-refractivity contribution in [1.29, 1.82) is 0 Å². The summed E-state index contributed by atoms with van der Waals surface area (Å²) < 4.78 is 5.55. The lowest BCUT2D eigenvalue weighted by Gasteiger charge is -2.21. The van der Waals surface area contributed by atoms with Crippen molar-refractivity contribution in [2.45, 2.75) is 18.9 Å². The topological polar surface area (TPSA) is 9.23 Å². The molecule has 0 fully saturated rings. The van der Waals surface area contributed by atoms with Gasteiger partial charge in [0.1, 0.15) is 6.10 Å². The molecular formula is C14H15ClO. The lowest BCUT2D eigenvalue weighted by atomic mass is 9.96. The van der Waals surface area contributed by atoms with Crippen molar-refractivity contribution in [3.05, 3.63) is 58.7 Å². The smallest absolute Gasteiger partial charge is 0.108 e. The van der Waals surface area contributed by atoms with Crippen LogP contribution in [0.3, 0.4) is 0 Å². The van der Waals surface area contributed by atoms with Crippen LogP contribution in [-0.2, 0) is 4.74 Å². The highest BCUT2D eigenvalue weighted by Gasteiger charge is 2.18. The van der Waals surface area contributed by atoms with Crippen molar-refractivity contribution in [2.24, 2.45) is 0 Å². The predicted octanol–water partition coefficient (Wildman–Crippen LogP) is 4.22. The Balaban J connectivity index is 2.33. The maximum absolute atomic E-state index is 6.25. The zero-order valence-corrected chi connectivity index (χ0v) is 10.1. The second kappa shape index (κ2) is 5.33. The fraction of sp³-hybridized carbons (Fsp3) is 0.286. The molecule has 1 unspecified atom stereocenters. The minimum absolute atomic E-state index is 0.0507. The van der Waals surface area contributed by atoms with Gasteiger partial charge in [-0.3, -0.25) is 0 Å². The van der Waals surface area contributed by atoms with Crippen LogP contribution in [0.4, 0.5) is 0 Å². The molecule has 1 aromatic carbocycles. The van der Waals surface area contributed by atoms with E-state index in [9.17, 15) is 0 Å². The van der Waals surface area contributed by atoms with Crippen LogP contribution in [0.25, 0.3) is 0 Å². The third-order valence-corrected chi connectivity index (χ3v) is 3.17. The zero-order chi connectivity index (χ0) is 11.4. The zero-order valence-electron chi connectivity index (χ0n) is 9.32. The molecule has 0 spiro atoms. The average Bonchev–Trinajstić information content (AvgIpc) is 2.34. The molecule has 16 heavy (non-hydrogen) atoms. The summed E-state index contributed by atoms with van der Waals surface area (Å²) in [6.07, 6.45) is 6.11. The van der Waals surface area contributed by atoms with Gasteiger partial charge in [0.05, 0.1) is 0 Å². The van der Waals surface area contributed by atoms with Gasteiger partial charge >= 0.3 is 0 Å². The van der Waals surface area contributed by atoms with Crippen molar-refractivity contribution in [2.75, 3.05) is 7.11 Å². The average molecular weight is 235 g/mol. The summed E-state index contributed by atoms with van der Waals surface area (Å²) in [7, 11) is 1.72. The van der Waals surface area contributed by atoms with E-state index in [1.54, 1.807) is 7.11 Å². The highest BCUT2D eigenvalue weighted by molar-refractivity contribution is 6.30. The maximum Gasteiger partial charge on any atom is 0.108 e. The Kier molecular flexibility index (Phi) is 3.81. The van der Waals surface area contributed by atoms with Crippen LogP contribution in [0.1, 0.15) is 24.5 Å². The molecule has 0 N–H and O–H groups in total. The van der Waals surface area contributed by atoms with E-state index >= 15 is 0 Å². The molecule has 1 aliphatic carbocycles. The molecule has 0 radical (unpaired) electrons. The Hall–Kier alpha value is -1.05. The van der Waals surface area contributed by atoms with E-state index in [4.69, 9.17) is 16.3 Å². The fourth-order valence-corrected chi connectivity index (χ4v) is 2.23. The first-order valence-electron chi connectivity index (χ1n) is 5.45. The maximum atomic E-state index is 6.25. The minimum atomic E-state index is -0.0507. The Morgan fingerprint density at radius 1 is 1.25 bits per heavy atom. The molecule has 0 amide bonds. The molecular weight excluding hydrogens is 220 g/mol. The van der Waals surface area contributed by atoms with Gasteiger partial charge in [0.15, 0.2) is 0 Å². The monoisotopic (exact) mass is 234 g/mol. The summed E-state index contributed by atoms with van der Waals surface area (Å²) in [4.78, 5) is 0. The van der Waals surface area contributed by atoms with Gasteiger partial charge in [0, 0.05) is 12.1 Å². The van der Waals surface area contributed by atoms with Gasteiger partial charge in [0.25, 0.3) is 0 Å². The van der Waals surface area contributed by atoms with Crippen LogP contribution < -0.4 is 0 Å². The Morgan fingerprint density at radius 2 is 2.00 bits per heavy atom. The summed E-state index contributed by atoms with van der Waals surface area (Å²) in [6.45, 7) is 0. The summed E-state index contributed by atoms with van der Waals surface area (Å²) in [5, 5.41) is 0.915. The first kappa shape index (κ1) is 11.4. The van der Waals surface area contributed by atoms with E-state index in [2.05, 4.69) is 24.3 Å². The van der Waals surface area contributed by atoms with Gasteiger partial charge in [-0.25, -0.2) is 0 Å². The van der Waals surface area contributed by atoms with Gasteiger partial charge in [-0.15, -0.1) is 0 Å². The summed E-state index contributed by atoms with van der Waals surface area (Å²) in [5.41, 5.74) is 2.23. The molecule has 1 aromatic rings. The lowest BCUT2D eigenvalue weighted by molar-refractivity contribution is 0.135. The Morgan fingerprint density at radius 3 is 2.62 bits per heavy atom. The summed E-state index contributed by atoms with van der Waals surface area (Å²) in [6, 6.07) is 10.2. The Labute approximate surface area is 101 Å². The predicted molar refractivity (Wildman–Crippen MR) is 67.4 cm³/mol. The number of ether oxygens (including phenoxy) is 1. The molecule has 2 rings (SSSR count). The minimum Gasteiger partial charge on any atom is -0.372 e. The normalized spacial score (nSPS) is 17.6. The third kappa shape index (κ3) is 2.37. The lowest BCUT2D eigenvalue weighted by Crippen LogP contribution is -2.06. The third-order valence-electron chi connectivity index (χ3n) is 2.76. The number of rotatable bonds is 3. The molecule has 0 saturated carbocycles. The van der Waals surface area contributed by atoms with Crippen molar-refractivity contribution in [3.8, 4) is 0 Å². The summed E-state index contributed by atoms with van der Waals surface area (Å²) in [5.74, 6) is 0. The van der Waals surface area contributed by atoms with Crippen LogP contribution in [0.15, 0.2) is 53.1 Å². The molecule has 2 heteroatoms. The molecule has 0 aromatic heterocycles. The van der Waals surface area contributed by atoms with Gasteiger partial charge < -0.3 is 4.74 Å². The van der Waals surface area contributed by atoms with E-state index in [1.807, 2.05) is 18.2 Å². The fourth-order valence-electron chi connectivity index (χ4n) is 1.96. The number of hydrogen-bond acceptors (Lipinski definition) is 1. The highest BCUT2D eigenvalue weighted by atomic mass is 35.5. The van der Waals surface area contributed by atoms with E-state index in [1.165, 1.54) is 0 Å². The molecule has 0 bridgehead atoms. The molecule has 0 aliphatic heterocycles. The standard InChI is InChI=1S/C14H15ClO/c1-16-14(11-7-3-2-4-8-11)12-9-5-6-10-13(12)15/h2-5,7-9,14H,6,10H2,1H3. The van der Waals surface area contributed by atoms with Crippen LogP contribution in [0.2, 0.25) is 0 Å². The van der Waals surface area contributed by atoms with E-state index in [0.717, 1.165) is 29.0 Å². The van der Waals surface area contributed by atoms with Gasteiger partial charge in [-0.05, 0) is 24.0 Å². The van der Waals surface area contributed by atoms with Gasteiger partial charge in [0.2, 0.25) is 0 Å². The summed E-state index contributed by atoms with van der Waals surface area (Å²) >= 11 is 6.25. The molecule has 1 aliphatic rings. The number of halogens is 1.